The maximum atomic E-state index is 13.5. The first-order valence-electron chi connectivity index (χ1n) is 9.63. The smallest absolute Gasteiger partial charge is 0.267 e. The number of nitrogens with zero attached hydrogens (tertiary/aromatic N) is 5. The lowest BCUT2D eigenvalue weighted by atomic mass is 9.88. The number of carbonyl (C=O) groups is 1. The van der Waals surface area contributed by atoms with Gasteiger partial charge in [0, 0.05) is 29.5 Å². The Bertz CT molecular complexity index is 1240. The zero-order valence-corrected chi connectivity index (χ0v) is 17.9. The Morgan fingerprint density at radius 1 is 1.38 bits per heavy atom. The van der Waals surface area contributed by atoms with Crippen molar-refractivity contribution in [1.82, 2.24) is 19.6 Å². The summed E-state index contributed by atoms with van der Waals surface area (Å²) in [6.07, 6.45) is 2.53. The van der Waals surface area contributed by atoms with Gasteiger partial charge in [0.15, 0.2) is 16.6 Å². The summed E-state index contributed by atoms with van der Waals surface area (Å²) in [7, 11) is 0. The van der Waals surface area contributed by atoms with E-state index in [0.29, 0.717) is 22.8 Å². The third kappa shape index (κ3) is 3.91. The summed E-state index contributed by atoms with van der Waals surface area (Å²) in [4.78, 5) is 21.4. The van der Waals surface area contributed by atoms with Gasteiger partial charge in [-0.15, -0.1) is 0 Å². The predicted octanol–water partition coefficient (Wildman–Crippen LogP) is 4.17. The Hall–Kier alpha value is -3.47. The fourth-order valence-electron chi connectivity index (χ4n) is 3.98. The summed E-state index contributed by atoms with van der Waals surface area (Å²) in [5, 5.41) is 17.8. The molecule has 4 rings (SSSR count). The van der Waals surface area contributed by atoms with Crippen LogP contribution in [0.25, 0.3) is 5.65 Å². The fraction of sp³-hybridized carbons (Fsp3) is 0.300. The molecule has 166 valence electrons. The van der Waals surface area contributed by atoms with Crippen molar-refractivity contribution in [2.24, 2.45) is 5.10 Å². The SMILES string of the molecule is CC1(C)CC(C(=O)Nc2cnc(N/N=C\C=N)c(C(F)F)c2)c2cnc3cc(Cl)nn3c21. The highest BCUT2D eigenvalue weighted by Gasteiger charge is 2.43. The molecule has 0 fully saturated rings. The van der Waals surface area contributed by atoms with Crippen LogP contribution in [0.15, 0.2) is 29.6 Å². The molecule has 1 aliphatic carbocycles. The van der Waals surface area contributed by atoms with Gasteiger partial charge in [0.2, 0.25) is 5.91 Å². The van der Waals surface area contributed by atoms with Crippen LogP contribution in [0.1, 0.15) is 49.4 Å². The molecule has 1 amide bonds. The van der Waals surface area contributed by atoms with E-state index >= 15 is 0 Å². The number of hydrazone groups is 1. The molecule has 1 unspecified atom stereocenters. The number of pyridine rings is 1. The van der Waals surface area contributed by atoms with E-state index in [1.54, 1.807) is 16.8 Å². The van der Waals surface area contributed by atoms with Crippen LogP contribution in [-0.4, -0.2) is 37.9 Å². The average molecular weight is 461 g/mol. The molecule has 12 heteroatoms. The third-order valence-electron chi connectivity index (χ3n) is 5.27. The highest BCUT2D eigenvalue weighted by Crippen LogP contribution is 2.46. The van der Waals surface area contributed by atoms with Gasteiger partial charge in [0.1, 0.15) is 0 Å². The second-order valence-electron chi connectivity index (χ2n) is 7.95. The number of anilines is 2. The molecule has 32 heavy (non-hydrogen) atoms. The molecule has 0 saturated carbocycles. The van der Waals surface area contributed by atoms with Crippen molar-refractivity contribution >= 4 is 47.1 Å². The van der Waals surface area contributed by atoms with Crippen LogP contribution in [0.2, 0.25) is 5.15 Å². The predicted molar refractivity (Wildman–Crippen MR) is 117 cm³/mol. The number of aromatic nitrogens is 4. The van der Waals surface area contributed by atoms with Crippen molar-refractivity contribution in [3.8, 4) is 0 Å². The Labute approximate surface area is 186 Å². The molecule has 3 aromatic rings. The lowest BCUT2D eigenvalue weighted by molar-refractivity contribution is -0.117. The molecule has 1 atom stereocenters. The Balaban J connectivity index is 1.63. The lowest BCUT2D eigenvalue weighted by Gasteiger charge is -2.19. The van der Waals surface area contributed by atoms with Gasteiger partial charge in [-0.25, -0.2) is 23.3 Å². The Morgan fingerprint density at radius 2 is 2.16 bits per heavy atom. The number of amides is 1. The van der Waals surface area contributed by atoms with Crippen LogP contribution in [0.4, 0.5) is 20.3 Å². The quantitative estimate of drug-likeness (QED) is 0.376. The summed E-state index contributed by atoms with van der Waals surface area (Å²) in [5.41, 5.74) is 3.81. The number of fused-ring (bicyclic) bond motifs is 3. The number of hydrogen-bond donors (Lipinski definition) is 3. The molecule has 0 aliphatic heterocycles. The number of rotatable bonds is 6. The van der Waals surface area contributed by atoms with Crippen molar-refractivity contribution in [3.63, 3.8) is 0 Å². The number of halogens is 3. The summed E-state index contributed by atoms with van der Waals surface area (Å²) in [5.74, 6) is -1.07. The van der Waals surface area contributed by atoms with Crippen molar-refractivity contribution < 1.29 is 13.6 Å². The van der Waals surface area contributed by atoms with Gasteiger partial charge in [-0.2, -0.15) is 10.2 Å². The van der Waals surface area contributed by atoms with E-state index in [4.69, 9.17) is 17.0 Å². The van der Waals surface area contributed by atoms with Gasteiger partial charge in [-0.05, 0) is 12.5 Å². The molecule has 1 aliphatic rings. The van der Waals surface area contributed by atoms with Crippen LogP contribution in [-0.2, 0) is 10.2 Å². The lowest BCUT2D eigenvalue weighted by Crippen LogP contribution is -2.22. The zero-order chi connectivity index (χ0) is 23.0. The highest BCUT2D eigenvalue weighted by atomic mass is 35.5. The molecule has 3 heterocycles. The third-order valence-corrected chi connectivity index (χ3v) is 5.45. The monoisotopic (exact) mass is 460 g/mol. The van der Waals surface area contributed by atoms with Gasteiger partial charge in [-0.3, -0.25) is 10.2 Å². The molecule has 0 radical (unpaired) electrons. The second kappa shape index (κ2) is 8.23. The van der Waals surface area contributed by atoms with Crippen molar-refractivity contribution in [1.29, 1.82) is 5.41 Å². The van der Waals surface area contributed by atoms with Crippen molar-refractivity contribution in [3.05, 3.63) is 46.5 Å². The number of nitrogens with one attached hydrogen (secondary N) is 3. The van der Waals surface area contributed by atoms with Crippen LogP contribution in [0.3, 0.4) is 0 Å². The normalized spacial score (nSPS) is 17.1. The van der Waals surface area contributed by atoms with Crippen molar-refractivity contribution in [2.75, 3.05) is 10.7 Å². The molecule has 3 aromatic heterocycles. The largest absolute Gasteiger partial charge is 0.324 e. The molecule has 0 aromatic carbocycles. The molecule has 3 N–H and O–H groups in total. The minimum Gasteiger partial charge on any atom is -0.324 e. The maximum Gasteiger partial charge on any atom is 0.267 e. The summed E-state index contributed by atoms with van der Waals surface area (Å²) >= 11 is 6.03. The molecule has 0 bridgehead atoms. The van der Waals surface area contributed by atoms with Crippen molar-refractivity contribution in [2.45, 2.75) is 38.0 Å². The molecule has 0 spiro atoms. The first kappa shape index (κ1) is 21.8. The van der Waals surface area contributed by atoms with Gasteiger partial charge < -0.3 is 10.7 Å². The topological polar surface area (TPSA) is 120 Å². The molecule has 0 saturated heterocycles. The van der Waals surface area contributed by atoms with Crippen LogP contribution >= 0.6 is 11.6 Å². The van der Waals surface area contributed by atoms with E-state index in [-0.39, 0.29) is 22.8 Å². The first-order chi connectivity index (χ1) is 15.2. The summed E-state index contributed by atoms with van der Waals surface area (Å²) in [6.45, 7) is 4.00. The number of carbonyl (C=O) groups excluding carboxylic acids is 1. The fourth-order valence-corrected chi connectivity index (χ4v) is 4.15. The van der Waals surface area contributed by atoms with Crippen LogP contribution in [0.5, 0.6) is 0 Å². The standard InChI is InChI=1S/C20H19ClF2N8O/c1-20(2)7-12(13-9-25-15-6-14(21)30-31(15)16(13)20)19(32)28-10-5-11(17(22)23)18(26-8-10)29-27-4-3-24/h3-6,8-9,12,17,24H,7H2,1-2H3,(H,26,29)(H,28,32)/b24-3?,27-4-. The second-order valence-corrected chi connectivity index (χ2v) is 8.34. The van der Waals surface area contributed by atoms with E-state index in [1.165, 1.54) is 6.20 Å². The Morgan fingerprint density at radius 3 is 2.88 bits per heavy atom. The van der Waals surface area contributed by atoms with Gasteiger partial charge in [0.25, 0.3) is 6.43 Å². The van der Waals surface area contributed by atoms with Crippen LogP contribution in [0, 0.1) is 5.41 Å². The van der Waals surface area contributed by atoms with E-state index in [1.807, 2.05) is 13.8 Å². The molecule has 9 nitrogen and oxygen atoms in total. The van der Waals surface area contributed by atoms with E-state index in [2.05, 4.69) is 30.9 Å². The minimum atomic E-state index is -2.84. The van der Waals surface area contributed by atoms with E-state index < -0.39 is 17.9 Å². The van der Waals surface area contributed by atoms with Gasteiger partial charge in [0.05, 0.1) is 35.3 Å². The minimum absolute atomic E-state index is 0.134. The molecular weight excluding hydrogens is 442 g/mol. The zero-order valence-electron chi connectivity index (χ0n) is 17.1. The van der Waals surface area contributed by atoms with Crippen LogP contribution < -0.4 is 10.7 Å². The summed E-state index contributed by atoms with van der Waals surface area (Å²) in [6, 6.07) is 2.79. The number of hydrogen-bond acceptors (Lipinski definition) is 7. The van der Waals surface area contributed by atoms with E-state index in [9.17, 15) is 13.6 Å². The van der Waals surface area contributed by atoms with Gasteiger partial charge in [-0.1, -0.05) is 25.4 Å². The highest BCUT2D eigenvalue weighted by molar-refractivity contribution is 6.29. The van der Waals surface area contributed by atoms with Gasteiger partial charge >= 0.3 is 0 Å². The molecular formula is C20H19ClF2N8O. The average Bonchev–Trinajstić information content (AvgIpc) is 3.24. The Kier molecular flexibility index (Phi) is 5.59. The number of alkyl halides is 2. The van der Waals surface area contributed by atoms with E-state index in [0.717, 1.165) is 24.2 Å². The summed E-state index contributed by atoms with van der Waals surface area (Å²) < 4.78 is 28.6. The first-order valence-corrected chi connectivity index (χ1v) is 10.0. The maximum absolute atomic E-state index is 13.5.